The van der Waals surface area contributed by atoms with E-state index in [1.165, 1.54) is 12.1 Å². The molecular weight excluding hydrogens is 371 g/mol. The molecule has 27 heavy (non-hydrogen) atoms. The third-order valence-electron chi connectivity index (χ3n) is 5.46. The third-order valence-corrected chi connectivity index (χ3v) is 7.22. The standard InChI is InChI=1S/C19H23FN2O4S/c20-14-3-4-17-13(10-21-18(17)9-14)8-19(23)22(11-16-2-1-6-26-16)15-5-7-27(24,25)12-15/h3-4,9-10,15-16,21H,1-2,5-8,11-12H2. The van der Waals surface area contributed by atoms with Crippen molar-refractivity contribution < 1.29 is 22.3 Å². The molecule has 8 heteroatoms. The number of fused-ring (bicyclic) bond motifs is 1. The zero-order chi connectivity index (χ0) is 19.0. The first-order chi connectivity index (χ1) is 12.9. The molecule has 1 aromatic heterocycles. The van der Waals surface area contributed by atoms with Crippen molar-refractivity contribution in [2.45, 2.75) is 37.8 Å². The molecular formula is C19H23FN2O4S. The Labute approximate surface area is 157 Å². The number of hydrogen-bond acceptors (Lipinski definition) is 4. The van der Waals surface area contributed by atoms with Gasteiger partial charge in [0.1, 0.15) is 5.82 Å². The predicted octanol–water partition coefficient (Wildman–Crippen LogP) is 2.04. The molecule has 0 aliphatic carbocycles. The number of nitrogens with one attached hydrogen (secondary N) is 1. The number of aromatic nitrogens is 1. The second-order valence-corrected chi connectivity index (χ2v) is 9.65. The number of amides is 1. The number of carbonyl (C=O) groups is 1. The molecule has 2 aromatic rings. The van der Waals surface area contributed by atoms with Crippen LogP contribution in [0, 0.1) is 5.82 Å². The fourth-order valence-electron chi connectivity index (χ4n) is 4.05. The van der Waals surface area contributed by atoms with E-state index in [1.54, 1.807) is 17.2 Å². The van der Waals surface area contributed by atoms with Crippen molar-refractivity contribution in [3.63, 3.8) is 0 Å². The number of hydrogen-bond donors (Lipinski definition) is 1. The molecule has 2 atom stereocenters. The average molecular weight is 394 g/mol. The number of ether oxygens (including phenoxy) is 1. The summed E-state index contributed by atoms with van der Waals surface area (Å²) >= 11 is 0. The van der Waals surface area contributed by atoms with Crippen LogP contribution in [0.2, 0.25) is 0 Å². The van der Waals surface area contributed by atoms with Crippen LogP contribution in [-0.2, 0) is 25.8 Å². The van der Waals surface area contributed by atoms with Crippen LogP contribution in [0.5, 0.6) is 0 Å². The summed E-state index contributed by atoms with van der Waals surface area (Å²) in [5.74, 6) is -0.305. The summed E-state index contributed by atoms with van der Waals surface area (Å²) in [6.45, 7) is 1.11. The molecule has 4 rings (SSSR count). The summed E-state index contributed by atoms with van der Waals surface area (Å²) in [6.07, 6.45) is 4.15. The van der Waals surface area contributed by atoms with Crippen LogP contribution < -0.4 is 0 Å². The topological polar surface area (TPSA) is 79.5 Å². The Balaban J connectivity index is 1.55. The van der Waals surface area contributed by atoms with Gasteiger partial charge in [0, 0.05) is 36.3 Å². The van der Waals surface area contributed by atoms with E-state index in [0.29, 0.717) is 25.1 Å². The lowest BCUT2D eigenvalue weighted by atomic mass is 10.1. The number of nitrogens with zero attached hydrogens (tertiary/aromatic N) is 1. The lowest BCUT2D eigenvalue weighted by molar-refractivity contribution is -0.134. The van der Waals surface area contributed by atoms with Crippen LogP contribution in [0.15, 0.2) is 24.4 Å². The van der Waals surface area contributed by atoms with Crippen LogP contribution >= 0.6 is 0 Å². The van der Waals surface area contributed by atoms with E-state index < -0.39 is 9.84 Å². The fraction of sp³-hybridized carbons (Fsp3) is 0.526. The van der Waals surface area contributed by atoms with Crippen LogP contribution in [0.3, 0.4) is 0 Å². The Morgan fingerprint density at radius 2 is 2.19 bits per heavy atom. The lowest BCUT2D eigenvalue weighted by Gasteiger charge is -2.30. The number of sulfone groups is 1. The summed E-state index contributed by atoms with van der Waals surface area (Å²) < 4.78 is 42.9. The summed E-state index contributed by atoms with van der Waals surface area (Å²) in [5.41, 5.74) is 1.43. The van der Waals surface area contributed by atoms with Gasteiger partial charge in [-0.25, -0.2) is 12.8 Å². The Morgan fingerprint density at radius 1 is 1.33 bits per heavy atom. The number of benzene rings is 1. The minimum Gasteiger partial charge on any atom is -0.376 e. The molecule has 0 bridgehead atoms. The van der Waals surface area contributed by atoms with Gasteiger partial charge in [-0.3, -0.25) is 4.79 Å². The maximum atomic E-state index is 13.4. The molecule has 1 aromatic carbocycles. The van der Waals surface area contributed by atoms with Gasteiger partial charge in [-0.15, -0.1) is 0 Å². The average Bonchev–Trinajstić information content (AvgIpc) is 3.33. The highest BCUT2D eigenvalue weighted by Crippen LogP contribution is 2.24. The quantitative estimate of drug-likeness (QED) is 0.842. The smallest absolute Gasteiger partial charge is 0.227 e. The summed E-state index contributed by atoms with van der Waals surface area (Å²) in [4.78, 5) is 17.8. The Morgan fingerprint density at radius 3 is 2.89 bits per heavy atom. The van der Waals surface area contributed by atoms with Crippen LogP contribution in [0.1, 0.15) is 24.8 Å². The minimum atomic E-state index is -3.09. The Hall–Kier alpha value is -1.93. The molecule has 2 saturated heterocycles. The SMILES string of the molecule is O=C(Cc1c[nH]c2cc(F)ccc12)N(CC1CCCO1)C1CCS(=O)(=O)C1. The van der Waals surface area contributed by atoms with Crippen LogP contribution in [0.4, 0.5) is 4.39 Å². The Bertz CT molecular complexity index is 950. The summed E-state index contributed by atoms with van der Waals surface area (Å²) in [6, 6.07) is 4.14. The summed E-state index contributed by atoms with van der Waals surface area (Å²) in [7, 11) is -3.09. The van der Waals surface area contributed by atoms with Crippen molar-refractivity contribution in [1.82, 2.24) is 9.88 Å². The predicted molar refractivity (Wildman–Crippen MR) is 99.7 cm³/mol. The van der Waals surface area contributed by atoms with E-state index in [1.807, 2.05) is 0 Å². The molecule has 2 unspecified atom stereocenters. The zero-order valence-electron chi connectivity index (χ0n) is 15.0. The highest BCUT2D eigenvalue weighted by molar-refractivity contribution is 7.91. The number of carbonyl (C=O) groups excluding carboxylic acids is 1. The molecule has 6 nitrogen and oxygen atoms in total. The lowest BCUT2D eigenvalue weighted by Crippen LogP contribution is -2.45. The highest BCUT2D eigenvalue weighted by Gasteiger charge is 2.36. The molecule has 0 radical (unpaired) electrons. The van der Waals surface area contributed by atoms with Crippen LogP contribution in [-0.4, -0.2) is 61.0 Å². The molecule has 3 heterocycles. The van der Waals surface area contributed by atoms with Gasteiger partial charge in [0.15, 0.2) is 9.84 Å². The molecule has 0 saturated carbocycles. The van der Waals surface area contributed by atoms with E-state index in [9.17, 15) is 17.6 Å². The van der Waals surface area contributed by atoms with Crippen molar-refractivity contribution in [3.8, 4) is 0 Å². The molecule has 146 valence electrons. The molecule has 0 spiro atoms. The van der Waals surface area contributed by atoms with Crippen molar-refractivity contribution in [2.24, 2.45) is 0 Å². The molecule has 2 fully saturated rings. The van der Waals surface area contributed by atoms with Crippen molar-refractivity contribution in [2.75, 3.05) is 24.7 Å². The van der Waals surface area contributed by atoms with E-state index in [-0.39, 0.29) is 41.8 Å². The zero-order valence-corrected chi connectivity index (χ0v) is 15.8. The maximum Gasteiger partial charge on any atom is 0.227 e. The van der Waals surface area contributed by atoms with Crippen molar-refractivity contribution >= 4 is 26.6 Å². The fourth-order valence-corrected chi connectivity index (χ4v) is 5.78. The van der Waals surface area contributed by atoms with Gasteiger partial charge in [0.25, 0.3) is 0 Å². The molecule has 1 N–H and O–H groups in total. The molecule has 2 aliphatic rings. The number of H-pyrrole nitrogens is 1. The van der Waals surface area contributed by atoms with Crippen LogP contribution in [0.25, 0.3) is 10.9 Å². The Kier molecular flexibility index (Phi) is 4.94. The summed E-state index contributed by atoms with van der Waals surface area (Å²) in [5, 5.41) is 0.806. The van der Waals surface area contributed by atoms with Crippen molar-refractivity contribution in [1.29, 1.82) is 0 Å². The normalized spacial score (nSPS) is 24.5. The van der Waals surface area contributed by atoms with E-state index in [4.69, 9.17) is 4.74 Å². The second kappa shape index (κ2) is 7.24. The molecule has 1 amide bonds. The van der Waals surface area contributed by atoms with Gasteiger partial charge in [-0.05, 0) is 43.0 Å². The van der Waals surface area contributed by atoms with Gasteiger partial charge >= 0.3 is 0 Å². The number of rotatable bonds is 5. The first-order valence-corrected chi connectivity index (χ1v) is 11.1. The monoisotopic (exact) mass is 394 g/mol. The van der Waals surface area contributed by atoms with E-state index in [2.05, 4.69) is 4.98 Å². The number of aromatic amines is 1. The van der Waals surface area contributed by atoms with E-state index >= 15 is 0 Å². The molecule has 2 aliphatic heterocycles. The third kappa shape index (κ3) is 4.01. The van der Waals surface area contributed by atoms with Gasteiger partial charge in [-0.1, -0.05) is 0 Å². The largest absolute Gasteiger partial charge is 0.376 e. The highest BCUT2D eigenvalue weighted by atomic mass is 32.2. The first kappa shape index (κ1) is 18.4. The second-order valence-electron chi connectivity index (χ2n) is 7.42. The van der Waals surface area contributed by atoms with Gasteiger partial charge in [-0.2, -0.15) is 0 Å². The first-order valence-electron chi connectivity index (χ1n) is 9.28. The van der Waals surface area contributed by atoms with Gasteiger partial charge in [0.2, 0.25) is 5.91 Å². The van der Waals surface area contributed by atoms with Crippen molar-refractivity contribution in [3.05, 3.63) is 35.8 Å². The number of halogens is 1. The maximum absolute atomic E-state index is 13.4. The van der Waals surface area contributed by atoms with Gasteiger partial charge < -0.3 is 14.6 Å². The minimum absolute atomic E-state index is 0.0184. The van der Waals surface area contributed by atoms with Gasteiger partial charge in [0.05, 0.1) is 24.0 Å². The van der Waals surface area contributed by atoms with E-state index in [0.717, 1.165) is 23.8 Å².